The van der Waals surface area contributed by atoms with Crippen LogP contribution in [0.25, 0.3) is 0 Å². The fraction of sp³-hybridized carbons (Fsp3) is 0.333. The third-order valence-electron chi connectivity index (χ3n) is 3.28. The Kier molecular flexibility index (Phi) is 5.43. The second-order valence-corrected chi connectivity index (χ2v) is 6.57. The summed E-state index contributed by atoms with van der Waals surface area (Å²) in [4.78, 5) is 0. The zero-order chi connectivity index (χ0) is 15.4. The van der Waals surface area contributed by atoms with Gasteiger partial charge in [0.05, 0.1) is 0 Å². The van der Waals surface area contributed by atoms with Gasteiger partial charge in [0.2, 0.25) is 0 Å². The Balaban J connectivity index is 2.27. The molecule has 2 nitrogen and oxygen atoms in total. The summed E-state index contributed by atoms with van der Waals surface area (Å²) in [7, 11) is 0. The molecule has 0 atom stereocenters. The zero-order valence-electron chi connectivity index (χ0n) is 13.0. The van der Waals surface area contributed by atoms with Crippen molar-refractivity contribution in [1.29, 1.82) is 0 Å². The molecule has 2 aromatic rings. The lowest BCUT2D eigenvalue weighted by Gasteiger charge is -2.15. The highest BCUT2D eigenvalue weighted by molar-refractivity contribution is 9.10. The Morgan fingerprint density at radius 1 is 1.05 bits per heavy atom. The lowest BCUT2D eigenvalue weighted by molar-refractivity contribution is 0.465. The molecule has 0 saturated carbocycles. The van der Waals surface area contributed by atoms with Gasteiger partial charge in [0, 0.05) is 22.6 Å². The number of nitrogens with one attached hydrogen (secondary N) is 1. The van der Waals surface area contributed by atoms with Crippen molar-refractivity contribution in [2.45, 2.75) is 40.3 Å². The molecule has 2 rings (SSSR count). The standard InChI is InChI=1S/C18H22BrNO/c1-12(2)20-11-15-6-7-16(19)10-18(15)21-17-8-5-13(3)9-14(17)4/h5-10,12,20H,11H2,1-4H3. The van der Waals surface area contributed by atoms with Crippen LogP contribution >= 0.6 is 15.9 Å². The molecule has 0 fully saturated rings. The predicted molar refractivity (Wildman–Crippen MR) is 92.1 cm³/mol. The zero-order valence-corrected chi connectivity index (χ0v) is 14.6. The first-order valence-corrected chi connectivity index (χ1v) is 8.02. The van der Waals surface area contributed by atoms with Gasteiger partial charge in [0.1, 0.15) is 11.5 Å². The van der Waals surface area contributed by atoms with E-state index in [0.29, 0.717) is 6.04 Å². The van der Waals surface area contributed by atoms with E-state index in [2.05, 4.69) is 67.1 Å². The summed E-state index contributed by atoms with van der Waals surface area (Å²) in [6.07, 6.45) is 0. The van der Waals surface area contributed by atoms with Crippen molar-refractivity contribution in [2.75, 3.05) is 0 Å². The number of hydrogen-bond acceptors (Lipinski definition) is 2. The second-order valence-electron chi connectivity index (χ2n) is 5.66. The molecular weight excluding hydrogens is 326 g/mol. The molecule has 0 heterocycles. The minimum atomic E-state index is 0.447. The first kappa shape index (κ1) is 16.1. The van der Waals surface area contributed by atoms with Crippen LogP contribution < -0.4 is 10.1 Å². The van der Waals surface area contributed by atoms with Crippen molar-refractivity contribution in [3.05, 3.63) is 57.6 Å². The van der Waals surface area contributed by atoms with Crippen molar-refractivity contribution in [3.8, 4) is 11.5 Å². The molecule has 0 aromatic heterocycles. The number of halogens is 1. The SMILES string of the molecule is Cc1ccc(Oc2cc(Br)ccc2CNC(C)C)c(C)c1. The highest BCUT2D eigenvalue weighted by Crippen LogP contribution is 2.31. The predicted octanol–water partition coefficient (Wildman–Crippen LogP) is 5.36. The average molecular weight is 348 g/mol. The molecule has 0 amide bonds. The van der Waals surface area contributed by atoms with E-state index >= 15 is 0 Å². The van der Waals surface area contributed by atoms with Crippen LogP contribution in [0, 0.1) is 13.8 Å². The summed E-state index contributed by atoms with van der Waals surface area (Å²) in [5.74, 6) is 1.80. The molecule has 0 spiro atoms. The van der Waals surface area contributed by atoms with Crippen LogP contribution in [0.15, 0.2) is 40.9 Å². The van der Waals surface area contributed by atoms with Gasteiger partial charge in [0.15, 0.2) is 0 Å². The van der Waals surface area contributed by atoms with Crippen LogP contribution in [0.1, 0.15) is 30.5 Å². The minimum Gasteiger partial charge on any atom is -0.457 e. The summed E-state index contributed by atoms with van der Waals surface area (Å²) in [6.45, 7) is 9.25. The van der Waals surface area contributed by atoms with Crippen LogP contribution in [0.5, 0.6) is 11.5 Å². The van der Waals surface area contributed by atoms with Crippen LogP contribution in [0.3, 0.4) is 0 Å². The average Bonchev–Trinajstić information content (AvgIpc) is 2.41. The molecule has 21 heavy (non-hydrogen) atoms. The monoisotopic (exact) mass is 347 g/mol. The summed E-state index contributed by atoms with van der Waals surface area (Å²) < 4.78 is 7.16. The fourth-order valence-electron chi connectivity index (χ4n) is 2.12. The van der Waals surface area contributed by atoms with E-state index in [1.807, 2.05) is 18.2 Å². The highest BCUT2D eigenvalue weighted by atomic mass is 79.9. The lowest BCUT2D eigenvalue weighted by Crippen LogP contribution is -2.22. The van der Waals surface area contributed by atoms with Crippen molar-refractivity contribution in [3.63, 3.8) is 0 Å². The first-order chi connectivity index (χ1) is 9.95. The van der Waals surface area contributed by atoms with Gasteiger partial charge in [0.25, 0.3) is 0 Å². The molecule has 0 saturated heterocycles. The lowest BCUT2D eigenvalue weighted by atomic mass is 10.1. The molecule has 3 heteroatoms. The Morgan fingerprint density at radius 2 is 1.81 bits per heavy atom. The first-order valence-electron chi connectivity index (χ1n) is 7.22. The molecule has 0 aliphatic heterocycles. The number of aryl methyl sites for hydroxylation is 2. The van der Waals surface area contributed by atoms with Crippen molar-refractivity contribution >= 4 is 15.9 Å². The largest absolute Gasteiger partial charge is 0.457 e. The molecular formula is C18H22BrNO. The van der Waals surface area contributed by atoms with E-state index in [0.717, 1.165) is 33.6 Å². The van der Waals surface area contributed by atoms with Gasteiger partial charge in [-0.1, -0.05) is 53.5 Å². The number of benzene rings is 2. The van der Waals surface area contributed by atoms with Crippen LogP contribution in [0.2, 0.25) is 0 Å². The van der Waals surface area contributed by atoms with Crippen molar-refractivity contribution in [2.24, 2.45) is 0 Å². The molecule has 0 unspecified atom stereocenters. The van der Waals surface area contributed by atoms with E-state index in [4.69, 9.17) is 4.74 Å². The fourth-order valence-corrected chi connectivity index (χ4v) is 2.46. The summed E-state index contributed by atoms with van der Waals surface area (Å²) in [5.41, 5.74) is 3.56. The maximum atomic E-state index is 6.14. The van der Waals surface area contributed by atoms with Crippen LogP contribution in [-0.4, -0.2) is 6.04 Å². The van der Waals surface area contributed by atoms with E-state index in [1.165, 1.54) is 5.56 Å². The maximum absolute atomic E-state index is 6.14. The third-order valence-corrected chi connectivity index (χ3v) is 3.77. The van der Waals surface area contributed by atoms with Gasteiger partial charge < -0.3 is 10.1 Å². The maximum Gasteiger partial charge on any atom is 0.133 e. The van der Waals surface area contributed by atoms with E-state index in [1.54, 1.807) is 0 Å². The third kappa shape index (κ3) is 4.58. The highest BCUT2D eigenvalue weighted by Gasteiger charge is 2.08. The number of hydrogen-bond donors (Lipinski definition) is 1. The molecule has 0 radical (unpaired) electrons. The quantitative estimate of drug-likeness (QED) is 0.786. The Labute approximate surface area is 135 Å². The van der Waals surface area contributed by atoms with Gasteiger partial charge in [-0.15, -0.1) is 0 Å². The summed E-state index contributed by atoms with van der Waals surface area (Å²) in [5, 5.41) is 3.44. The molecule has 0 aliphatic carbocycles. The van der Waals surface area contributed by atoms with E-state index in [9.17, 15) is 0 Å². The van der Waals surface area contributed by atoms with Gasteiger partial charge in [-0.2, -0.15) is 0 Å². The smallest absolute Gasteiger partial charge is 0.133 e. The van der Waals surface area contributed by atoms with Crippen LogP contribution in [0.4, 0.5) is 0 Å². The number of ether oxygens (including phenoxy) is 1. The Morgan fingerprint density at radius 3 is 2.48 bits per heavy atom. The summed E-state index contributed by atoms with van der Waals surface area (Å²) in [6, 6.07) is 12.9. The van der Waals surface area contributed by atoms with E-state index in [-0.39, 0.29) is 0 Å². The minimum absolute atomic E-state index is 0.447. The van der Waals surface area contributed by atoms with Crippen molar-refractivity contribution in [1.82, 2.24) is 5.32 Å². The topological polar surface area (TPSA) is 21.3 Å². The molecule has 0 bridgehead atoms. The molecule has 112 valence electrons. The van der Waals surface area contributed by atoms with Crippen molar-refractivity contribution < 1.29 is 4.74 Å². The normalized spacial score (nSPS) is 11.0. The Hall–Kier alpha value is -1.32. The molecule has 1 N–H and O–H groups in total. The van der Waals surface area contributed by atoms with Gasteiger partial charge in [-0.25, -0.2) is 0 Å². The second kappa shape index (κ2) is 7.10. The molecule has 0 aliphatic rings. The molecule has 2 aromatic carbocycles. The van der Waals surface area contributed by atoms with E-state index < -0.39 is 0 Å². The summed E-state index contributed by atoms with van der Waals surface area (Å²) >= 11 is 3.52. The van der Waals surface area contributed by atoms with Crippen LogP contribution in [-0.2, 0) is 6.54 Å². The van der Waals surface area contributed by atoms with Gasteiger partial charge in [-0.3, -0.25) is 0 Å². The number of rotatable bonds is 5. The Bertz CT molecular complexity index is 623. The van der Waals surface area contributed by atoms with Gasteiger partial charge >= 0.3 is 0 Å². The van der Waals surface area contributed by atoms with Gasteiger partial charge in [-0.05, 0) is 37.6 Å².